The molecule has 1 aliphatic rings. The van der Waals surface area contributed by atoms with Crippen molar-refractivity contribution in [1.82, 2.24) is 19.8 Å². The molecule has 2 aromatic rings. The van der Waals surface area contributed by atoms with Crippen LogP contribution in [0, 0.1) is 6.92 Å². The summed E-state index contributed by atoms with van der Waals surface area (Å²) in [6.45, 7) is 8.82. The Bertz CT molecular complexity index is 678. The number of rotatable bonds is 5. The molecule has 0 aliphatic carbocycles. The third-order valence-electron chi connectivity index (χ3n) is 4.18. The molecule has 24 heavy (non-hydrogen) atoms. The minimum absolute atomic E-state index is 0.0303. The van der Waals surface area contributed by atoms with Crippen LogP contribution in [0.3, 0.4) is 0 Å². The van der Waals surface area contributed by atoms with Gasteiger partial charge in [0, 0.05) is 31.9 Å². The fraction of sp³-hybridized carbons (Fsp3) is 0.471. The van der Waals surface area contributed by atoms with Crippen LogP contribution in [0.5, 0.6) is 0 Å². The molecule has 3 heterocycles. The van der Waals surface area contributed by atoms with Gasteiger partial charge in [0.1, 0.15) is 11.5 Å². The molecular weight excluding hydrogens is 306 g/mol. The van der Waals surface area contributed by atoms with E-state index in [9.17, 15) is 4.79 Å². The molecule has 0 spiro atoms. The number of carbonyl (C=O) groups is 1. The lowest BCUT2D eigenvalue weighted by Crippen LogP contribution is -2.48. The third kappa shape index (κ3) is 3.91. The first-order valence-electron chi connectivity index (χ1n) is 8.29. The highest BCUT2D eigenvalue weighted by Gasteiger charge is 2.23. The lowest BCUT2D eigenvalue weighted by atomic mass is 10.2. The minimum Gasteiger partial charge on any atom is -0.467 e. The van der Waals surface area contributed by atoms with E-state index in [2.05, 4.69) is 27.1 Å². The Morgan fingerprint density at radius 3 is 2.75 bits per heavy atom. The molecular formula is C17H23N5O2. The number of nitrogens with one attached hydrogen (secondary N) is 1. The number of hydrogen-bond donors (Lipinski definition) is 1. The first kappa shape index (κ1) is 16.4. The van der Waals surface area contributed by atoms with Gasteiger partial charge in [-0.15, -0.1) is 0 Å². The highest BCUT2D eigenvalue weighted by atomic mass is 16.3. The van der Waals surface area contributed by atoms with Crippen LogP contribution in [0.25, 0.3) is 0 Å². The summed E-state index contributed by atoms with van der Waals surface area (Å²) in [5, 5.41) is 3.11. The van der Waals surface area contributed by atoms with Gasteiger partial charge in [-0.25, -0.2) is 9.97 Å². The fourth-order valence-electron chi connectivity index (χ4n) is 2.77. The van der Waals surface area contributed by atoms with Crippen molar-refractivity contribution in [2.24, 2.45) is 0 Å². The Morgan fingerprint density at radius 1 is 1.29 bits per heavy atom. The smallest absolute Gasteiger partial charge is 0.272 e. The van der Waals surface area contributed by atoms with E-state index in [-0.39, 0.29) is 5.91 Å². The third-order valence-corrected chi connectivity index (χ3v) is 4.18. The zero-order valence-corrected chi connectivity index (χ0v) is 14.2. The minimum atomic E-state index is -0.0303. The van der Waals surface area contributed by atoms with E-state index in [1.165, 1.54) is 0 Å². The highest BCUT2D eigenvalue weighted by molar-refractivity contribution is 5.92. The summed E-state index contributed by atoms with van der Waals surface area (Å²) in [5.74, 6) is 1.21. The maximum Gasteiger partial charge on any atom is 0.272 e. The second-order valence-electron chi connectivity index (χ2n) is 5.88. The van der Waals surface area contributed by atoms with E-state index in [0.717, 1.165) is 44.2 Å². The maximum absolute atomic E-state index is 12.7. The molecule has 0 aromatic carbocycles. The van der Waals surface area contributed by atoms with Gasteiger partial charge in [-0.1, -0.05) is 6.92 Å². The summed E-state index contributed by atoms with van der Waals surface area (Å²) < 4.78 is 5.28. The lowest BCUT2D eigenvalue weighted by Gasteiger charge is -2.33. The maximum atomic E-state index is 12.7. The predicted octanol–water partition coefficient (Wildman–Crippen LogP) is 1.77. The Morgan fingerprint density at radius 2 is 2.08 bits per heavy atom. The first-order chi connectivity index (χ1) is 11.7. The van der Waals surface area contributed by atoms with Crippen molar-refractivity contribution in [3.63, 3.8) is 0 Å². The van der Waals surface area contributed by atoms with Crippen LogP contribution in [0.4, 0.5) is 5.95 Å². The van der Waals surface area contributed by atoms with E-state index in [4.69, 9.17) is 4.42 Å². The summed E-state index contributed by atoms with van der Waals surface area (Å²) in [6.07, 6.45) is 1.62. The molecule has 0 radical (unpaired) electrons. The molecule has 0 atom stereocenters. The molecule has 1 aliphatic heterocycles. The molecule has 1 fully saturated rings. The monoisotopic (exact) mass is 329 g/mol. The average Bonchev–Trinajstić information content (AvgIpc) is 3.12. The van der Waals surface area contributed by atoms with Crippen molar-refractivity contribution >= 4 is 11.9 Å². The van der Waals surface area contributed by atoms with Gasteiger partial charge in [-0.3, -0.25) is 4.79 Å². The van der Waals surface area contributed by atoms with Gasteiger partial charge in [0.15, 0.2) is 0 Å². The van der Waals surface area contributed by atoms with Crippen molar-refractivity contribution in [2.45, 2.75) is 20.4 Å². The van der Waals surface area contributed by atoms with Crippen molar-refractivity contribution < 1.29 is 9.21 Å². The number of likely N-dealkylation sites (N-methyl/N-ethyl adjacent to an activating group) is 1. The standard InChI is InChI=1S/C17H23N5O2/c1-3-21-6-8-22(9-7-21)16(23)15-11-13(2)19-17(20-15)18-12-14-5-4-10-24-14/h4-5,10-11H,3,6-9,12H2,1-2H3,(H,18,19,20). The molecule has 2 aromatic heterocycles. The Balaban J connectivity index is 1.67. The van der Waals surface area contributed by atoms with E-state index in [1.54, 1.807) is 12.3 Å². The van der Waals surface area contributed by atoms with E-state index < -0.39 is 0 Å². The molecule has 0 saturated carbocycles. The van der Waals surface area contributed by atoms with E-state index in [1.807, 2.05) is 24.0 Å². The summed E-state index contributed by atoms with van der Waals surface area (Å²) in [4.78, 5) is 25.6. The molecule has 3 rings (SSSR count). The van der Waals surface area contributed by atoms with Gasteiger partial charge < -0.3 is 19.5 Å². The Kier molecular flexibility index (Phi) is 5.10. The van der Waals surface area contributed by atoms with Crippen LogP contribution >= 0.6 is 0 Å². The molecule has 0 bridgehead atoms. The molecule has 1 saturated heterocycles. The van der Waals surface area contributed by atoms with Crippen LogP contribution in [0.2, 0.25) is 0 Å². The van der Waals surface area contributed by atoms with Crippen molar-refractivity contribution in [3.8, 4) is 0 Å². The number of nitrogens with zero attached hydrogens (tertiary/aromatic N) is 4. The molecule has 7 heteroatoms. The van der Waals surface area contributed by atoms with Crippen LogP contribution in [-0.4, -0.2) is 58.4 Å². The average molecular weight is 329 g/mol. The number of anilines is 1. The molecule has 7 nitrogen and oxygen atoms in total. The van der Waals surface area contributed by atoms with Gasteiger partial charge in [-0.05, 0) is 31.7 Å². The number of piperazine rings is 1. The second kappa shape index (κ2) is 7.44. The predicted molar refractivity (Wildman–Crippen MR) is 90.8 cm³/mol. The molecule has 0 unspecified atom stereocenters. The van der Waals surface area contributed by atoms with E-state index in [0.29, 0.717) is 18.2 Å². The number of furan rings is 1. The van der Waals surface area contributed by atoms with Crippen molar-refractivity contribution in [2.75, 3.05) is 38.0 Å². The number of aryl methyl sites for hydroxylation is 1. The Labute approximate surface area is 141 Å². The summed E-state index contributed by atoms with van der Waals surface area (Å²) in [6, 6.07) is 5.45. The number of hydrogen-bond acceptors (Lipinski definition) is 6. The van der Waals surface area contributed by atoms with Gasteiger partial charge in [0.25, 0.3) is 5.91 Å². The molecule has 1 amide bonds. The Hall–Kier alpha value is -2.41. The van der Waals surface area contributed by atoms with Crippen LogP contribution in [0.1, 0.15) is 28.9 Å². The van der Waals surface area contributed by atoms with Crippen LogP contribution < -0.4 is 5.32 Å². The molecule has 128 valence electrons. The van der Waals surface area contributed by atoms with Crippen LogP contribution in [0.15, 0.2) is 28.9 Å². The number of carbonyl (C=O) groups excluding carboxylic acids is 1. The lowest BCUT2D eigenvalue weighted by molar-refractivity contribution is 0.0637. The second-order valence-corrected chi connectivity index (χ2v) is 5.88. The fourth-order valence-corrected chi connectivity index (χ4v) is 2.77. The van der Waals surface area contributed by atoms with Crippen molar-refractivity contribution in [1.29, 1.82) is 0 Å². The summed E-state index contributed by atoms with van der Waals surface area (Å²) in [5.41, 5.74) is 1.21. The van der Waals surface area contributed by atoms with Gasteiger partial charge in [-0.2, -0.15) is 0 Å². The zero-order chi connectivity index (χ0) is 16.9. The SMILES string of the molecule is CCN1CCN(C(=O)c2cc(C)nc(NCc3ccco3)n2)CC1. The van der Waals surface area contributed by atoms with Gasteiger partial charge in [0.2, 0.25) is 5.95 Å². The summed E-state index contributed by atoms with van der Waals surface area (Å²) in [7, 11) is 0. The van der Waals surface area contributed by atoms with Crippen LogP contribution in [-0.2, 0) is 6.54 Å². The first-order valence-corrected chi connectivity index (χ1v) is 8.29. The van der Waals surface area contributed by atoms with Gasteiger partial charge in [0.05, 0.1) is 12.8 Å². The number of aromatic nitrogens is 2. The zero-order valence-electron chi connectivity index (χ0n) is 14.2. The summed E-state index contributed by atoms with van der Waals surface area (Å²) >= 11 is 0. The quantitative estimate of drug-likeness (QED) is 0.901. The van der Waals surface area contributed by atoms with Gasteiger partial charge >= 0.3 is 0 Å². The normalized spacial score (nSPS) is 15.5. The van der Waals surface area contributed by atoms with Crippen molar-refractivity contribution in [3.05, 3.63) is 41.6 Å². The highest BCUT2D eigenvalue weighted by Crippen LogP contribution is 2.11. The van der Waals surface area contributed by atoms with E-state index >= 15 is 0 Å². The topological polar surface area (TPSA) is 74.5 Å². The largest absolute Gasteiger partial charge is 0.467 e. The molecule has 1 N–H and O–H groups in total. The number of amides is 1.